The first-order chi connectivity index (χ1) is 6.07. The fraction of sp³-hybridized carbons (Fsp3) is 0.455. The Morgan fingerprint density at radius 1 is 1.54 bits per heavy atom. The summed E-state index contributed by atoms with van der Waals surface area (Å²) in [6, 6.07) is 2.20. The highest BCUT2D eigenvalue weighted by atomic mass is 28.3. The van der Waals surface area contributed by atoms with Gasteiger partial charge in [0.2, 0.25) is 0 Å². The quantitative estimate of drug-likeness (QED) is 0.514. The van der Waals surface area contributed by atoms with Crippen molar-refractivity contribution < 1.29 is 0 Å². The van der Waals surface area contributed by atoms with Gasteiger partial charge in [-0.05, 0) is 37.2 Å². The van der Waals surface area contributed by atoms with Crippen LogP contribution in [-0.4, -0.2) is 13.2 Å². The van der Waals surface area contributed by atoms with Gasteiger partial charge in [-0.3, -0.25) is 0 Å². The summed E-state index contributed by atoms with van der Waals surface area (Å²) in [4.78, 5) is 0. The Kier molecular flexibility index (Phi) is 3.15. The van der Waals surface area contributed by atoms with Crippen LogP contribution in [0.1, 0.15) is 18.2 Å². The third-order valence-corrected chi connectivity index (χ3v) is 6.25. The molecule has 1 aromatic rings. The van der Waals surface area contributed by atoms with Crippen molar-refractivity contribution in [1.29, 1.82) is 0 Å². The van der Waals surface area contributed by atoms with Crippen molar-refractivity contribution in [2.24, 2.45) is 0 Å². The molecule has 0 amide bonds. The molecule has 0 radical (unpaired) electrons. The molecule has 1 heterocycles. The molecule has 72 valence electrons. The first-order valence-corrected chi connectivity index (χ1v) is 7.18. The molecule has 2 atom stereocenters. The lowest BCUT2D eigenvalue weighted by Gasteiger charge is -2.18. The van der Waals surface area contributed by atoms with Gasteiger partial charge in [-0.1, -0.05) is 19.5 Å². The third-order valence-electron chi connectivity index (χ3n) is 3.01. The first-order valence-electron chi connectivity index (χ1n) is 4.84. The molecule has 0 bridgehead atoms. The predicted molar refractivity (Wildman–Crippen MR) is 61.9 cm³/mol. The zero-order valence-electron chi connectivity index (χ0n) is 9.04. The van der Waals surface area contributed by atoms with Crippen molar-refractivity contribution in [3.05, 3.63) is 36.2 Å². The van der Waals surface area contributed by atoms with Gasteiger partial charge >= 0.3 is 0 Å². The van der Waals surface area contributed by atoms with Crippen molar-refractivity contribution in [3.8, 4) is 0 Å². The molecule has 0 N–H and O–H groups in total. The van der Waals surface area contributed by atoms with Crippen LogP contribution in [0.5, 0.6) is 0 Å². The molecule has 1 aromatic heterocycles. The number of rotatable bonds is 3. The SMILES string of the molecule is C=CC(C)[SiH](C)n1ccc(C)c1C. The average Bonchev–Trinajstić information content (AvgIpc) is 2.45. The van der Waals surface area contributed by atoms with Crippen molar-refractivity contribution in [3.63, 3.8) is 0 Å². The van der Waals surface area contributed by atoms with Crippen molar-refractivity contribution >= 4 is 8.96 Å². The molecule has 0 saturated carbocycles. The molecule has 0 aromatic carbocycles. The Morgan fingerprint density at radius 3 is 2.54 bits per heavy atom. The van der Waals surface area contributed by atoms with E-state index in [4.69, 9.17) is 0 Å². The summed E-state index contributed by atoms with van der Waals surface area (Å²) in [6.07, 6.45) is 4.30. The summed E-state index contributed by atoms with van der Waals surface area (Å²) < 4.78 is 2.46. The van der Waals surface area contributed by atoms with Crippen LogP contribution in [0.4, 0.5) is 0 Å². The molecule has 0 aliphatic carbocycles. The second kappa shape index (κ2) is 3.96. The van der Waals surface area contributed by atoms with Crippen LogP contribution in [0.2, 0.25) is 12.1 Å². The van der Waals surface area contributed by atoms with Crippen molar-refractivity contribution in [1.82, 2.24) is 4.23 Å². The molecule has 0 saturated heterocycles. The Morgan fingerprint density at radius 2 is 2.15 bits per heavy atom. The number of allylic oxidation sites excluding steroid dienone is 1. The lowest BCUT2D eigenvalue weighted by atomic mass is 10.3. The number of hydrogen-bond donors (Lipinski definition) is 0. The largest absolute Gasteiger partial charge is 0.380 e. The van der Waals surface area contributed by atoms with Gasteiger partial charge in [0.05, 0.1) is 0 Å². The van der Waals surface area contributed by atoms with Crippen LogP contribution in [0, 0.1) is 13.8 Å². The van der Waals surface area contributed by atoms with Crippen LogP contribution < -0.4 is 0 Å². The van der Waals surface area contributed by atoms with Gasteiger partial charge < -0.3 is 4.23 Å². The normalized spacial score (nSPS) is 15.4. The lowest BCUT2D eigenvalue weighted by molar-refractivity contribution is 1.02. The van der Waals surface area contributed by atoms with Crippen molar-refractivity contribution in [2.45, 2.75) is 32.9 Å². The van der Waals surface area contributed by atoms with Crippen LogP contribution in [0.25, 0.3) is 0 Å². The summed E-state index contributed by atoms with van der Waals surface area (Å²) in [5.41, 5.74) is 3.48. The summed E-state index contributed by atoms with van der Waals surface area (Å²) in [5, 5.41) is 0. The van der Waals surface area contributed by atoms with E-state index >= 15 is 0 Å². The maximum Gasteiger partial charge on any atom is 0.148 e. The fourth-order valence-corrected chi connectivity index (χ4v) is 3.59. The minimum Gasteiger partial charge on any atom is -0.380 e. The highest BCUT2D eigenvalue weighted by Crippen LogP contribution is 2.16. The molecule has 0 aliphatic rings. The van der Waals surface area contributed by atoms with E-state index in [1.54, 1.807) is 0 Å². The zero-order valence-corrected chi connectivity index (χ0v) is 10.2. The summed E-state index contributed by atoms with van der Waals surface area (Å²) in [5.74, 6) is 0. The van der Waals surface area contributed by atoms with Gasteiger partial charge in [-0.2, -0.15) is 0 Å². The number of aryl methyl sites for hydroxylation is 1. The smallest absolute Gasteiger partial charge is 0.148 e. The molecular weight excluding hydrogens is 174 g/mol. The van der Waals surface area contributed by atoms with E-state index in [1.165, 1.54) is 11.3 Å². The monoisotopic (exact) mass is 193 g/mol. The number of nitrogens with zero attached hydrogens (tertiary/aromatic N) is 1. The second-order valence-electron chi connectivity index (χ2n) is 3.83. The van der Waals surface area contributed by atoms with E-state index in [9.17, 15) is 0 Å². The fourth-order valence-electron chi connectivity index (χ4n) is 1.52. The highest BCUT2D eigenvalue weighted by molar-refractivity contribution is 6.58. The first kappa shape index (κ1) is 10.3. The molecule has 2 unspecified atom stereocenters. The van der Waals surface area contributed by atoms with Gasteiger partial charge in [0.25, 0.3) is 0 Å². The van der Waals surface area contributed by atoms with Gasteiger partial charge in [-0.25, -0.2) is 0 Å². The van der Waals surface area contributed by atoms with Crippen LogP contribution >= 0.6 is 0 Å². The molecule has 0 aliphatic heterocycles. The van der Waals surface area contributed by atoms with E-state index in [1.807, 2.05) is 0 Å². The Labute approximate surface area is 82.8 Å². The maximum absolute atomic E-state index is 3.87. The lowest BCUT2D eigenvalue weighted by Crippen LogP contribution is -2.24. The molecule has 2 heteroatoms. The van der Waals surface area contributed by atoms with Crippen LogP contribution in [-0.2, 0) is 0 Å². The van der Waals surface area contributed by atoms with E-state index in [-0.39, 0.29) is 0 Å². The van der Waals surface area contributed by atoms with Gasteiger partial charge in [0.15, 0.2) is 0 Å². The van der Waals surface area contributed by atoms with Gasteiger partial charge in [0, 0.05) is 5.69 Å². The number of aromatic nitrogens is 1. The summed E-state index contributed by atoms with van der Waals surface area (Å²) in [7, 11) is -0.875. The molecule has 1 rings (SSSR count). The molecule has 13 heavy (non-hydrogen) atoms. The predicted octanol–water partition coefficient (Wildman–Crippen LogP) is 2.88. The van der Waals surface area contributed by atoms with Crippen LogP contribution in [0.15, 0.2) is 24.9 Å². The van der Waals surface area contributed by atoms with E-state index in [0.29, 0.717) is 5.54 Å². The standard InChI is InChI=1S/C11H19NSi/c1-6-10(3)13(5)12-8-7-9(2)11(12)4/h6-8,10,13H,1H2,2-5H3. The Hall–Kier alpha value is -0.763. The van der Waals surface area contributed by atoms with Gasteiger partial charge in [0.1, 0.15) is 8.96 Å². The minimum atomic E-state index is -0.875. The van der Waals surface area contributed by atoms with Crippen molar-refractivity contribution in [2.75, 3.05) is 0 Å². The van der Waals surface area contributed by atoms with E-state index in [0.717, 1.165) is 0 Å². The van der Waals surface area contributed by atoms with E-state index < -0.39 is 8.96 Å². The molecule has 0 spiro atoms. The molecule has 0 fully saturated rings. The summed E-state index contributed by atoms with van der Waals surface area (Å²) >= 11 is 0. The molecular formula is C11H19NSi. The van der Waals surface area contributed by atoms with Crippen LogP contribution in [0.3, 0.4) is 0 Å². The third kappa shape index (κ3) is 1.94. The molecule has 1 nitrogen and oxygen atoms in total. The maximum atomic E-state index is 3.87. The second-order valence-corrected chi connectivity index (χ2v) is 6.92. The minimum absolute atomic E-state index is 0.658. The summed E-state index contributed by atoms with van der Waals surface area (Å²) in [6.45, 7) is 12.9. The van der Waals surface area contributed by atoms with Gasteiger partial charge in [-0.15, -0.1) is 6.58 Å². The van der Waals surface area contributed by atoms with E-state index in [2.05, 4.69) is 56.5 Å². The Bertz CT molecular complexity index is 301. The Balaban J connectivity index is 2.94. The topological polar surface area (TPSA) is 4.93 Å². The highest BCUT2D eigenvalue weighted by Gasteiger charge is 2.14. The number of hydrogen-bond acceptors (Lipinski definition) is 0. The zero-order chi connectivity index (χ0) is 10.0. The average molecular weight is 193 g/mol.